The predicted octanol–water partition coefficient (Wildman–Crippen LogP) is 2.68. The highest BCUT2D eigenvalue weighted by atomic mass is 16.5. The van der Waals surface area contributed by atoms with Crippen molar-refractivity contribution in [2.45, 2.75) is 13.3 Å². The fourth-order valence-corrected chi connectivity index (χ4v) is 1.89. The van der Waals surface area contributed by atoms with Crippen LogP contribution in [0.25, 0.3) is 11.1 Å². The van der Waals surface area contributed by atoms with Crippen molar-refractivity contribution in [2.75, 3.05) is 12.8 Å². The number of nitrogen functional groups attached to an aromatic ring is 1. The number of benzene rings is 1. The molecule has 0 amide bonds. The fraction of sp³-hybridized carbons (Fsp3) is 0.200. The van der Waals surface area contributed by atoms with Gasteiger partial charge in [0.05, 0.1) is 12.7 Å². The van der Waals surface area contributed by atoms with Crippen molar-refractivity contribution in [3.8, 4) is 11.1 Å². The summed E-state index contributed by atoms with van der Waals surface area (Å²) in [6.45, 7) is 2.05. The van der Waals surface area contributed by atoms with Crippen LogP contribution in [-0.2, 0) is 11.2 Å². The minimum Gasteiger partial charge on any atom is -0.465 e. The standard InChI is InChI=1S/C15H16N2O2/c1-3-12-6-4-10(9-17-12)13-7-5-11(16)8-14(13)15(18)19-2/h4-9H,3,16H2,1-2H3. The Labute approximate surface area is 112 Å². The molecular weight excluding hydrogens is 240 g/mol. The van der Waals surface area contributed by atoms with Gasteiger partial charge in [-0.15, -0.1) is 0 Å². The summed E-state index contributed by atoms with van der Waals surface area (Å²) >= 11 is 0. The maximum atomic E-state index is 11.8. The maximum absolute atomic E-state index is 11.8. The molecule has 1 aromatic heterocycles. The lowest BCUT2D eigenvalue weighted by Gasteiger charge is -2.09. The van der Waals surface area contributed by atoms with E-state index in [1.54, 1.807) is 18.3 Å². The van der Waals surface area contributed by atoms with Gasteiger partial charge in [0.2, 0.25) is 0 Å². The van der Waals surface area contributed by atoms with E-state index in [1.165, 1.54) is 7.11 Å². The minimum atomic E-state index is -0.401. The number of nitrogens with two attached hydrogens (primary N) is 1. The summed E-state index contributed by atoms with van der Waals surface area (Å²) < 4.78 is 4.78. The molecule has 2 N–H and O–H groups in total. The van der Waals surface area contributed by atoms with E-state index in [1.807, 2.05) is 25.1 Å². The molecule has 0 saturated heterocycles. The number of ether oxygens (including phenoxy) is 1. The largest absolute Gasteiger partial charge is 0.465 e. The smallest absolute Gasteiger partial charge is 0.338 e. The number of carbonyl (C=O) groups excluding carboxylic acids is 1. The Bertz CT molecular complexity index is 592. The van der Waals surface area contributed by atoms with E-state index in [9.17, 15) is 4.79 Å². The van der Waals surface area contributed by atoms with Crippen molar-refractivity contribution >= 4 is 11.7 Å². The van der Waals surface area contributed by atoms with Gasteiger partial charge >= 0.3 is 5.97 Å². The Morgan fingerprint density at radius 2 is 2.11 bits per heavy atom. The molecule has 98 valence electrons. The molecule has 0 aliphatic rings. The second-order valence-corrected chi connectivity index (χ2v) is 4.19. The average molecular weight is 256 g/mol. The summed E-state index contributed by atoms with van der Waals surface area (Å²) in [5.74, 6) is -0.401. The normalized spacial score (nSPS) is 10.2. The fourth-order valence-electron chi connectivity index (χ4n) is 1.89. The first-order chi connectivity index (χ1) is 9.15. The van der Waals surface area contributed by atoms with Gasteiger partial charge in [0.15, 0.2) is 0 Å². The molecule has 4 nitrogen and oxygen atoms in total. The Kier molecular flexibility index (Phi) is 3.80. The summed E-state index contributed by atoms with van der Waals surface area (Å²) in [5.41, 5.74) is 9.36. The summed E-state index contributed by atoms with van der Waals surface area (Å²) in [7, 11) is 1.35. The summed E-state index contributed by atoms with van der Waals surface area (Å²) in [6, 6.07) is 9.09. The Morgan fingerprint density at radius 3 is 2.68 bits per heavy atom. The lowest BCUT2D eigenvalue weighted by molar-refractivity contribution is 0.0601. The molecule has 0 bridgehead atoms. The zero-order valence-electron chi connectivity index (χ0n) is 11.0. The van der Waals surface area contributed by atoms with Crippen LogP contribution in [0.4, 0.5) is 5.69 Å². The number of aryl methyl sites for hydroxylation is 1. The number of hydrogen-bond donors (Lipinski definition) is 1. The number of esters is 1. The first-order valence-electron chi connectivity index (χ1n) is 6.09. The summed E-state index contributed by atoms with van der Waals surface area (Å²) in [4.78, 5) is 16.1. The Balaban J connectivity index is 2.51. The number of anilines is 1. The number of carbonyl (C=O) groups is 1. The second kappa shape index (κ2) is 5.52. The van der Waals surface area contributed by atoms with Crippen LogP contribution in [0, 0.1) is 0 Å². The summed E-state index contributed by atoms with van der Waals surface area (Å²) in [5, 5.41) is 0. The van der Waals surface area contributed by atoms with Gasteiger partial charge in [-0.1, -0.05) is 19.1 Å². The number of pyridine rings is 1. The summed E-state index contributed by atoms with van der Waals surface area (Å²) in [6.07, 6.45) is 2.64. The number of nitrogens with zero attached hydrogens (tertiary/aromatic N) is 1. The van der Waals surface area contributed by atoms with E-state index in [0.29, 0.717) is 11.3 Å². The molecule has 2 aromatic rings. The molecule has 0 aliphatic heterocycles. The third kappa shape index (κ3) is 2.73. The molecule has 0 aliphatic carbocycles. The van der Waals surface area contributed by atoms with Crippen LogP contribution >= 0.6 is 0 Å². The van der Waals surface area contributed by atoms with Crippen molar-refractivity contribution in [1.29, 1.82) is 0 Å². The van der Waals surface area contributed by atoms with Gasteiger partial charge in [0, 0.05) is 23.1 Å². The van der Waals surface area contributed by atoms with Gasteiger partial charge in [-0.3, -0.25) is 4.98 Å². The molecule has 0 unspecified atom stereocenters. The van der Waals surface area contributed by atoms with E-state index in [4.69, 9.17) is 10.5 Å². The van der Waals surface area contributed by atoms with Crippen LogP contribution in [0.1, 0.15) is 23.0 Å². The number of aromatic nitrogens is 1. The molecule has 1 aromatic carbocycles. The molecule has 0 atom stereocenters. The van der Waals surface area contributed by atoms with E-state index in [-0.39, 0.29) is 0 Å². The van der Waals surface area contributed by atoms with Crippen molar-refractivity contribution in [1.82, 2.24) is 4.98 Å². The molecule has 0 fully saturated rings. The topological polar surface area (TPSA) is 65.2 Å². The van der Waals surface area contributed by atoms with Crippen LogP contribution in [0.5, 0.6) is 0 Å². The number of rotatable bonds is 3. The number of methoxy groups -OCH3 is 1. The van der Waals surface area contributed by atoms with Crippen LogP contribution in [0.3, 0.4) is 0 Å². The lowest BCUT2D eigenvalue weighted by atomic mass is 10.00. The van der Waals surface area contributed by atoms with E-state index < -0.39 is 5.97 Å². The Morgan fingerprint density at radius 1 is 1.32 bits per heavy atom. The van der Waals surface area contributed by atoms with Gasteiger partial charge in [0.25, 0.3) is 0 Å². The van der Waals surface area contributed by atoms with Gasteiger partial charge in [-0.25, -0.2) is 4.79 Å². The first kappa shape index (κ1) is 13.1. The van der Waals surface area contributed by atoms with Crippen LogP contribution < -0.4 is 5.73 Å². The minimum absolute atomic E-state index is 0.401. The third-order valence-electron chi connectivity index (χ3n) is 2.95. The van der Waals surface area contributed by atoms with Gasteiger partial charge in [-0.2, -0.15) is 0 Å². The van der Waals surface area contributed by atoms with Crippen molar-refractivity contribution in [3.63, 3.8) is 0 Å². The van der Waals surface area contributed by atoms with Gasteiger partial charge in [0.1, 0.15) is 0 Å². The molecule has 2 rings (SSSR count). The molecule has 0 saturated carbocycles. The quantitative estimate of drug-likeness (QED) is 0.677. The molecule has 4 heteroatoms. The monoisotopic (exact) mass is 256 g/mol. The molecule has 0 radical (unpaired) electrons. The highest BCUT2D eigenvalue weighted by Crippen LogP contribution is 2.26. The van der Waals surface area contributed by atoms with Crippen LogP contribution in [0.15, 0.2) is 36.5 Å². The van der Waals surface area contributed by atoms with Crippen LogP contribution in [0.2, 0.25) is 0 Å². The van der Waals surface area contributed by atoms with Crippen LogP contribution in [-0.4, -0.2) is 18.1 Å². The van der Waals surface area contributed by atoms with Crippen molar-refractivity contribution in [3.05, 3.63) is 47.8 Å². The molecule has 0 spiro atoms. The molecule has 1 heterocycles. The lowest BCUT2D eigenvalue weighted by Crippen LogP contribution is -2.05. The Hall–Kier alpha value is -2.36. The SMILES string of the molecule is CCc1ccc(-c2ccc(N)cc2C(=O)OC)cn1. The second-order valence-electron chi connectivity index (χ2n) is 4.19. The number of hydrogen-bond acceptors (Lipinski definition) is 4. The first-order valence-corrected chi connectivity index (χ1v) is 6.09. The van der Waals surface area contributed by atoms with Crippen molar-refractivity contribution in [2.24, 2.45) is 0 Å². The van der Waals surface area contributed by atoms with E-state index in [2.05, 4.69) is 4.98 Å². The third-order valence-corrected chi connectivity index (χ3v) is 2.95. The maximum Gasteiger partial charge on any atom is 0.338 e. The zero-order valence-corrected chi connectivity index (χ0v) is 11.0. The van der Waals surface area contributed by atoms with Crippen molar-refractivity contribution < 1.29 is 9.53 Å². The molecule has 19 heavy (non-hydrogen) atoms. The predicted molar refractivity (Wildman–Crippen MR) is 74.8 cm³/mol. The average Bonchev–Trinajstić information content (AvgIpc) is 2.46. The molecular formula is C15H16N2O2. The zero-order chi connectivity index (χ0) is 13.8. The highest BCUT2D eigenvalue weighted by Gasteiger charge is 2.13. The highest BCUT2D eigenvalue weighted by molar-refractivity contribution is 5.98. The van der Waals surface area contributed by atoms with Gasteiger partial charge in [-0.05, 0) is 30.2 Å². The van der Waals surface area contributed by atoms with Gasteiger partial charge < -0.3 is 10.5 Å². The van der Waals surface area contributed by atoms with E-state index in [0.717, 1.165) is 23.2 Å². The van der Waals surface area contributed by atoms with E-state index >= 15 is 0 Å².